The van der Waals surface area contributed by atoms with Crippen LogP contribution in [0, 0.1) is 5.82 Å². The number of nitrogens with zero attached hydrogens (tertiary/aromatic N) is 3. The number of hydrogen-bond acceptors (Lipinski definition) is 5. The highest BCUT2D eigenvalue weighted by atomic mass is 19.4. The first kappa shape index (κ1) is 23.7. The Labute approximate surface area is 193 Å². The van der Waals surface area contributed by atoms with Crippen molar-refractivity contribution in [1.29, 1.82) is 0 Å². The number of benzene rings is 1. The highest BCUT2D eigenvalue weighted by molar-refractivity contribution is 6.06. The Morgan fingerprint density at radius 1 is 1.06 bits per heavy atom. The largest absolute Gasteiger partial charge is 0.414 e. The number of carbonyl (C=O) groups is 1. The van der Waals surface area contributed by atoms with Crippen LogP contribution in [0.5, 0.6) is 0 Å². The maximum Gasteiger partial charge on any atom is 0.414 e. The van der Waals surface area contributed by atoms with E-state index in [-0.39, 0.29) is 46.8 Å². The molecule has 2 aromatic heterocycles. The zero-order chi connectivity index (χ0) is 24.5. The smallest absolute Gasteiger partial charge is 0.359 e. The Bertz CT molecular complexity index is 1180. The number of carbonyl (C=O) groups excluding carboxylic acids is 1. The van der Waals surface area contributed by atoms with Gasteiger partial charge in [-0.1, -0.05) is 32.0 Å². The molecule has 0 spiro atoms. The van der Waals surface area contributed by atoms with E-state index in [2.05, 4.69) is 20.3 Å². The predicted octanol–water partition coefficient (Wildman–Crippen LogP) is 5.84. The van der Waals surface area contributed by atoms with Gasteiger partial charge in [-0.3, -0.25) is 9.78 Å². The van der Waals surface area contributed by atoms with Crippen LogP contribution in [0.1, 0.15) is 60.6 Å². The summed E-state index contributed by atoms with van der Waals surface area (Å²) in [7, 11) is 0. The van der Waals surface area contributed by atoms with Gasteiger partial charge in [0.15, 0.2) is 6.10 Å². The van der Waals surface area contributed by atoms with Crippen molar-refractivity contribution in [2.24, 2.45) is 0 Å². The predicted molar refractivity (Wildman–Crippen MR) is 117 cm³/mol. The number of aromatic nitrogens is 3. The Kier molecular flexibility index (Phi) is 6.60. The average Bonchev–Trinajstić information content (AvgIpc) is 3.30. The summed E-state index contributed by atoms with van der Waals surface area (Å²) in [4.78, 5) is 25.6. The fraction of sp³-hybridized carbons (Fsp3) is 0.333. The molecule has 4 rings (SSSR count). The van der Waals surface area contributed by atoms with Crippen molar-refractivity contribution in [2.75, 3.05) is 5.32 Å². The molecule has 2 unspecified atom stereocenters. The summed E-state index contributed by atoms with van der Waals surface area (Å²) < 4.78 is 59.4. The van der Waals surface area contributed by atoms with Crippen molar-refractivity contribution in [3.05, 3.63) is 71.8 Å². The molecule has 2 atom stereocenters. The van der Waals surface area contributed by atoms with E-state index in [1.54, 1.807) is 6.07 Å². The van der Waals surface area contributed by atoms with Crippen molar-refractivity contribution in [1.82, 2.24) is 15.0 Å². The zero-order valence-electron chi connectivity index (χ0n) is 18.4. The van der Waals surface area contributed by atoms with Gasteiger partial charge in [0.05, 0.1) is 16.9 Å². The third-order valence-corrected chi connectivity index (χ3v) is 5.52. The summed E-state index contributed by atoms with van der Waals surface area (Å²) in [5.41, 5.74) is 0.756. The van der Waals surface area contributed by atoms with Crippen molar-refractivity contribution in [3.8, 4) is 11.1 Å². The van der Waals surface area contributed by atoms with Crippen LogP contribution in [0.4, 0.5) is 23.2 Å². The fourth-order valence-corrected chi connectivity index (χ4v) is 3.78. The lowest BCUT2D eigenvalue weighted by Gasteiger charge is -2.20. The van der Waals surface area contributed by atoms with Gasteiger partial charge in [0, 0.05) is 35.6 Å². The number of halogens is 4. The first-order valence-electron chi connectivity index (χ1n) is 10.7. The van der Waals surface area contributed by atoms with Gasteiger partial charge in [0.2, 0.25) is 0 Å². The first-order valence-corrected chi connectivity index (χ1v) is 10.7. The maximum atomic E-state index is 14.6. The van der Waals surface area contributed by atoms with Crippen LogP contribution in [-0.2, 0) is 4.74 Å². The van der Waals surface area contributed by atoms with Crippen molar-refractivity contribution in [3.63, 3.8) is 0 Å². The summed E-state index contributed by atoms with van der Waals surface area (Å²) in [6.45, 7) is 3.82. The molecule has 3 aromatic rings. The molecule has 6 nitrogen and oxygen atoms in total. The third kappa shape index (κ3) is 4.91. The monoisotopic (exact) mass is 474 g/mol. The Hall–Kier alpha value is -3.40. The van der Waals surface area contributed by atoms with Crippen LogP contribution in [0.2, 0.25) is 0 Å². The molecule has 10 heteroatoms. The topological polar surface area (TPSA) is 77.0 Å². The first-order chi connectivity index (χ1) is 16.1. The summed E-state index contributed by atoms with van der Waals surface area (Å²) >= 11 is 0. The molecule has 1 amide bonds. The van der Waals surface area contributed by atoms with E-state index in [0.717, 1.165) is 0 Å². The number of alkyl halides is 3. The highest BCUT2D eigenvalue weighted by Crippen LogP contribution is 2.43. The molecule has 1 aromatic carbocycles. The van der Waals surface area contributed by atoms with Crippen molar-refractivity contribution in [2.45, 2.75) is 51.0 Å². The van der Waals surface area contributed by atoms with Gasteiger partial charge in [0.25, 0.3) is 5.91 Å². The van der Waals surface area contributed by atoms with Gasteiger partial charge < -0.3 is 10.1 Å². The maximum absolute atomic E-state index is 14.6. The molecule has 1 fully saturated rings. The van der Waals surface area contributed by atoms with E-state index in [9.17, 15) is 22.4 Å². The quantitative estimate of drug-likeness (QED) is 0.471. The molecular formula is C24H22F4N4O2. The second-order valence-electron chi connectivity index (χ2n) is 8.27. The second-order valence-corrected chi connectivity index (χ2v) is 8.27. The lowest BCUT2D eigenvalue weighted by atomic mass is 10.00. The van der Waals surface area contributed by atoms with Crippen LogP contribution in [0.15, 0.2) is 48.9 Å². The summed E-state index contributed by atoms with van der Waals surface area (Å²) in [5, 5.41) is 2.69. The van der Waals surface area contributed by atoms with E-state index in [4.69, 9.17) is 4.74 Å². The molecule has 1 N–H and O–H groups in total. The number of rotatable bonds is 5. The molecule has 1 aliphatic heterocycles. The number of anilines is 1. The van der Waals surface area contributed by atoms with Gasteiger partial charge >= 0.3 is 6.18 Å². The lowest BCUT2D eigenvalue weighted by molar-refractivity contribution is -0.215. The third-order valence-electron chi connectivity index (χ3n) is 5.52. The molecule has 1 aliphatic rings. The summed E-state index contributed by atoms with van der Waals surface area (Å²) in [6, 6.07) is 7.39. The van der Waals surface area contributed by atoms with Crippen LogP contribution >= 0.6 is 0 Å². The van der Waals surface area contributed by atoms with Crippen LogP contribution in [0.3, 0.4) is 0 Å². The van der Waals surface area contributed by atoms with E-state index < -0.39 is 30.1 Å². The van der Waals surface area contributed by atoms with Gasteiger partial charge in [-0.2, -0.15) is 13.2 Å². The minimum atomic E-state index is -4.52. The normalized spacial score (nSPS) is 18.3. The van der Waals surface area contributed by atoms with Gasteiger partial charge in [-0.15, -0.1) is 0 Å². The number of ether oxygens (including phenoxy) is 1. The lowest BCUT2D eigenvalue weighted by Crippen LogP contribution is -2.28. The van der Waals surface area contributed by atoms with Gasteiger partial charge in [0.1, 0.15) is 17.7 Å². The standard InChI is InChI=1S/C24H22F4N4O2/c1-13(2)22-30-11-14(12-31-22)23(33)32-20-16(15-5-3-4-6-17(15)25)9-10-29-21(20)18-7-8-19(34-18)24(26,27)28/h3-6,9-13,18-19H,7-8H2,1-2H3,(H,32,33). The summed E-state index contributed by atoms with van der Waals surface area (Å²) in [6.07, 6.45) is -3.58. The fourth-order valence-electron chi connectivity index (χ4n) is 3.78. The van der Waals surface area contributed by atoms with Crippen LogP contribution in [0.25, 0.3) is 11.1 Å². The van der Waals surface area contributed by atoms with E-state index in [1.807, 2.05) is 13.8 Å². The molecular weight excluding hydrogens is 452 g/mol. The Balaban J connectivity index is 1.74. The molecule has 1 saturated heterocycles. The molecule has 178 valence electrons. The Morgan fingerprint density at radius 2 is 1.76 bits per heavy atom. The number of pyridine rings is 1. The number of hydrogen-bond donors (Lipinski definition) is 1. The molecule has 0 saturated carbocycles. The van der Waals surface area contributed by atoms with Crippen LogP contribution in [-0.4, -0.2) is 33.1 Å². The molecule has 3 heterocycles. The van der Waals surface area contributed by atoms with Gasteiger partial charge in [-0.05, 0) is 25.0 Å². The number of nitrogens with one attached hydrogen (secondary N) is 1. The number of amides is 1. The van der Waals surface area contributed by atoms with E-state index in [1.165, 1.54) is 42.9 Å². The average molecular weight is 474 g/mol. The zero-order valence-corrected chi connectivity index (χ0v) is 18.4. The Morgan fingerprint density at radius 3 is 2.38 bits per heavy atom. The molecule has 34 heavy (non-hydrogen) atoms. The SMILES string of the molecule is CC(C)c1ncc(C(=O)Nc2c(-c3ccccc3F)ccnc2C2CCC(C(F)(F)F)O2)cn1. The second kappa shape index (κ2) is 9.46. The van der Waals surface area contributed by atoms with Crippen molar-refractivity contribution < 1.29 is 27.1 Å². The molecule has 0 bridgehead atoms. The highest BCUT2D eigenvalue weighted by Gasteiger charge is 2.46. The van der Waals surface area contributed by atoms with E-state index >= 15 is 0 Å². The van der Waals surface area contributed by atoms with Gasteiger partial charge in [-0.25, -0.2) is 14.4 Å². The molecule has 0 radical (unpaired) electrons. The van der Waals surface area contributed by atoms with Crippen molar-refractivity contribution >= 4 is 11.6 Å². The van der Waals surface area contributed by atoms with Crippen LogP contribution < -0.4 is 5.32 Å². The summed E-state index contributed by atoms with van der Waals surface area (Å²) in [5.74, 6) is -0.535. The minimum Gasteiger partial charge on any atom is -0.359 e. The van der Waals surface area contributed by atoms with E-state index in [0.29, 0.717) is 5.82 Å². The minimum absolute atomic E-state index is 0.0486. The molecule has 0 aliphatic carbocycles.